The Bertz CT molecular complexity index is 1210. The third-order valence-corrected chi connectivity index (χ3v) is 8.36. The summed E-state index contributed by atoms with van der Waals surface area (Å²) < 4.78 is 41.1. The van der Waals surface area contributed by atoms with Crippen molar-refractivity contribution in [2.24, 2.45) is 0 Å². The van der Waals surface area contributed by atoms with Gasteiger partial charge >= 0.3 is 5.97 Å². The SMILES string of the molecule is Cc1c(Cc2ccc(S(=O)(=O)C3CCCC3)cc2)c2cc(F)ccc2n1CC(=O)O. The van der Waals surface area contributed by atoms with Gasteiger partial charge in [-0.25, -0.2) is 12.8 Å². The number of hydrogen-bond acceptors (Lipinski definition) is 3. The Labute approximate surface area is 175 Å². The van der Waals surface area contributed by atoms with Crippen LogP contribution in [-0.4, -0.2) is 29.3 Å². The summed E-state index contributed by atoms with van der Waals surface area (Å²) in [6.45, 7) is 1.63. The van der Waals surface area contributed by atoms with Gasteiger partial charge in [-0.05, 0) is 67.6 Å². The second kappa shape index (κ2) is 7.87. The van der Waals surface area contributed by atoms with Crippen LogP contribution >= 0.6 is 0 Å². The van der Waals surface area contributed by atoms with Crippen LogP contribution in [0.5, 0.6) is 0 Å². The lowest BCUT2D eigenvalue weighted by Gasteiger charge is -2.12. The quantitative estimate of drug-likeness (QED) is 0.627. The van der Waals surface area contributed by atoms with Crippen molar-refractivity contribution in [3.05, 3.63) is 65.1 Å². The fraction of sp³-hybridized carbons (Fsp3) is 0.348. The van der Waals surface area contributed by atoms with Crippen LogP contribution in [0, 0.1) is 12.7 Å². The van der Waals surface area contributed by atoms with Crippen LogP contribution in [-0.2, 0) is 27.6 Å². The zero-order valence-electron chi connectivity index (χ0n) is 16.8. The summed E-state index contributed by atoms with van der Waals surface area (Å²) in [5, 5.41) is 9.64. The number of halogens is 1. The summed E-state index contributed by atoms with van der Waals surface area (Å²) in [5.41, 5.74) is 3.17. The van der Waals surface area contributed by atoms with E-state index in [-0.39, 0.29) is 17.6 Å². The van der Waals surface area contributed by atoms with Crippen molar-refractivity contribution < 1.29 is 22.7 Å². The lowest BCUT2D eigenvalue weighted by atomic mass is 10.0. The minimum atomic E-state index is -3.31. The van der Waals surface area contributed by atoms with Gasteiger partial charge in [-0.1, -0.05) is 25.0 Å². The highest BCUT2D eigenvalue weighted by Gasteiger charge is 2.30. The maximum Gasteiger partial charge on any atom is 0.323 e. The highest BCUT2D eigenvalue weighted by Crippen LogP contribution is 2.31. The molecule has 0 aliphatic heterocycles. The molecule has 0 atom stereocenters. The van der Waals surface area contributed by atoms with Crippen molar-refractivity contribution in [1.82, 2.24) is 4.57 Å². The highest BCUT2D eigenvalue weighted by atomic mass is 32.2. The second-order valence-corrected chi connectivity index (χ2v) is 10.2. The van der Waals surface area contributed by atoms with E-state index in [0.29, 0.717) is 22.2 Å². The van der Waals surface area contributed by atoms with Gasteiger partial charge in [0.05, 0.1) is 10.1 Å². The van der Waals surface area contributed by atoms with Crippen LogP contribution in [0.25, 0.3) is 10.9 Å². The normalized spacial score (nSPS) is 15.1. The minimum Gasteiger partial charge on any atom is -0.480 e. The van der Waals surface area contributed by atoms with Crippen LogP contribution in [0.2, 0.25) is 0 Å². The van der Waals surface area contributed by atoms with Crippen molar-refractivity contribution >= 4 is 26.7 Å². The van der Waals surface area contributed by atoms with Crippen LogP contribution in [0.15, 0.2) is 47.4 Å². The fourth-order valence-corrected chi connectivity index (χ4v) is 6.33. The van der Waals surface area contributed by atoms with E-state index in [0.717, 1.165) is 42.5 Å². The maximum atomic E-state index is 13.9. The van der Waals surface area contributed by atoms with E-state index < -0.39 is 15.8 Å². The minimum absolute atomic E-state index is 0.202. The molecule has 1 N–H and O–H groups in total. The molecule has 1 aliphatic rings. The first kappa shape index (κ1) is 20.6. The Balaban J connectivity index is 1.68. The Kier molecular flexibility index (Phi) is 5.40. The van der Waals surface area contributed by atoms with Crippen LogP contribution in [0.3, 0.4) is 0 Å². The summed E-state index contributed by atoms with van der Waals surface area (Å²) in [6, 6.07) is 11.2. The third-order valence-electron chi connectivity index (χ3n) is 6.08. The van der Waals surface area contributed by atoms with Crippen molar-refractivity contribution in [1.29, 1.82) is 0 Å². The molecular weight excluding hydrogens is 405 g/mol. The predicted molar refractivity (Wildman–Crippen MR) is 113 cm³/mol. The summed E-state index contributed by atoms with van der Waals surface area (Å²) in [5.74, 6) is -1.35. The predicted octanol–water partition coefficient (Wildman–Crippen LogP) is 4.48. The lowest BCUT2D eigenvalue weighted by Crippen LogP contribution is -2.17. The molecule has 1 aliphatic carbocycles. The van der Waals surface area contributed by atoms with E-state index in [1.54, 1.807) is 34.9 Å². The molecule has 158 valence electrons. The number of hydrogen-bond donors (Lipinski definition) is 1. The Morgan fingerprint density at radius 2 is 1.80 bits per heavy atom. The Morgan fingerprint density at radius 3 is 2.43 bits per heavy atom. The standard InChI is InChI=1S/C23H24FNO4S/c1-15-20(21-13-17(24)8-11-22(21)25(15)14-23(26)27)12-16-6-9-19(10-7-16)30(28,29)18-4-2-3-5-18/h6-11,13,18H,2-5,12,14H2,1H3,(H,26,27). The largest absolute Gasteiger partial charge is 0.480 e. The van der Waals surface area contributed by atoms with E-state index in [1.807, 2.05) is 6.92 Å². The van der Waals surface area contributed by atoms with Crippen LogP contribution in [0.4, 0.5) is 4.39 Å². The molecule has 0 amide bonds. The molecule has 0 unspecified atom stereocenters. The van der Waals surface area contributed by atoms with Gasteiger partial charge in [0.15, 0.2) is 9.84 Å². The molecule has 0 spiro atoms. The van der Waals surface area contributed by atoms with Gasteiger partial charge in [0.25, 0.3) is 0 Å². The smallest absolute Gasteiger partial charge is 0.323 e. The van der Waals surface area contributed by atoms with Crippen molar-refractivity contribution in [3.63, 3.8) is 0 Å². The molecule has 4 rings (SSSR count). The summed E-state index contributed by atoms with van der Waals surface area (Å²) >= 11 is 0. The summed E-state index contributed by atoms with van der Waals surface area (Å²) in [7, 11) is -3.31. The molecule has 2 aromatic carbocycles. The first-order chi connectivity index (χ1) is 14.3. The van der Waals surface area contributed by atoms with Gasteiger partial charge in [-0.3, -0.25) is 4.79 Å². The van der Waals surface area contributed by atoms with Gasteiger partial charge in [0, 0.05) is 16.6 Å². The number of sulfone groups is 1. The van der Waals surface area contributed by atoms with Gasteiger partial charge in [-0.15, -0.1) is 0 Å². The zero-order valence-corrected chi connectivity index (χ0v) is 17.6. The summed E-state index contributed by atoms with van der Waals surface area (Å²) in [6.07, 6.45) is 3.81. The third kappa shape index (κ3) is 3.74. The number of rotatable bonds is 6. The monoisotopic (exact) mass is 429 g/mol. The molecule has 0 saturated heterocycles. The first-order valence-corrected chi connectivity index (χ1v) is 11.6. The summed E-state index contributed by atoms with van der Waals surface area (Å²) in [4.78, 5) is 11.6. The van der Waals surface area contributed by atoms with Crippen molar-refractivity contribution in [2.45, 2.75) is 55.7 Å². The highest BCUT2D eigenvalue weighted by molar-refractivity contribution is 7.92. The second-order valence-electron chi connectivity index (χ2n) is 7.98. The number of nitrogens with zero attached hydrogens (tertiary/aromatic N) is 1. The maximum absolute atomic E-state index is 13.9. The van der Waals surface area contributed by atoms with E-state index in [1.165, 1.54) is 12.1 Å². The molecule has 0 bridgehead atoms. The molecule has 5 nitrogen and oxygen atoms in total. The fourth-order valence-electron chi connectivity index (χ4n) is 4.48. The average Bonchev–Trinajstić information content (AvgIpc) is 3.32. The van der Waals surface area contributed by atoms with Gasteiger partial charge in [-0.2, -0.15) is 0 Å². The van der Waals surface area contributed by atoms with E-state index in [4.69, 9.17) is 0 Å². The van der Waals surface area contributed by atoms with Crippen LogP contribution < -0.4 is 0 Å². The first-order valence-electron chi connectivity index (χ1n) is 10.1. The molecule has 30 heavy (non-hydrogen) atoms. The lowest BCUT2D eigenvalue weighted by molar-refractivity contribution is -0.137. The number of fused-ring (bicyclic) bond motifs is 1. The molecular formula is C23H24FNO4S. The van der Waals surface area contributed by atoms with E-state index >= 15 is 0 Å². The van der Waals surface area contributed by atoms with Gasteiger partial charge in [0.1, 0.15) is 12.4 Å². The molecule has 7 heteroatoms. The molecule has 1 fully saturated rings. The number of carbonyl (C=O) groups is 1. The zero-order chi connectivity index (χ0) is 21.5. The topological polar surface area (TPSA) is 76.4 Å². The number of aliphatic carboxylic acids is 1. The van der Waals surface area contributed by atoms with E-state index in [9.17, 15) is 22.7 Å². The Morgan fingerprint density at radius 1 is 1.13 bits per heavy atom. The number of carboxylic acids is 1. The Hall–Kier alpha value is -2.67. The van der Waals surface area contributed by atoms with Crippen molar-refractivity contribution in [2.75, 3.05) is 0 Å². The molecule has 1 heterocycles. The van der Waals surface area contributed by atoms with Crippen molar-refractivity contribution in [3.8, 4) is 0 Å². The van der Waals surface area contributed by atoms with Crippen LogP contribution in [0.1, 0.15) is 42.5 Å². The molecule has 1 saturated carbocycles. The molecule has 0 radical (unpaired) electrons. The molecule has 1 aromatic heterocycles. The number of aromatic nitrogens is 1. The molecule has 3 aromatic rings. The van der Waals surface area contributed by atoms with E-state index in [2.05, 4.69) is 0 Å². The van der Waals surface area contributed by atoms with Gasteiger partial charge in [0.2, 0.25) is 0 Å². The number of benzene rings is 2. The van der Waals surface area contributed by atoms with Gasteiger partial charge < -0.3 is 9.67 Å². The average molecular weight is 430 g/mol. The number of carboxylic acid groups (broad SMARTS) is 1.